The van der Waals surface area contributed by atoms with Crippen molar-refractivity contribution >= 4 is 27.5 Å². The molecule has 0 heterocycles. The molecule has 0 aromatic heterocycles. The summed E-state index contributed by atoms with van der Waals surface area (Å²) in [5, 5.41) is 8.75. The Bertz CT molecular complexity index is 906. The first kappa shape index (κ1) is 17.9. The molecule has 0 spiro atoms. The maximum atomic E-state index is 12.4. The summed E-state index contributed by atoms with van der Waals surface area (Å²) in [6.07, 6.45) is 0. The van der Waals surface area contributed by atoms with Crippen LogP contribution in [0.25, 0.3) is 0 Å². The minimum atomic E-state index is -3.71. The minimum absolute atomic E-state index is 0.0315. The fourth-order valence-electron chi connectivity index (χ4n) is 3.22. The molecule has 3 rings (SSSR count). The van der Waals surface area contributed by atoms with Gasteiger partial charge in [-0.3, -0.25) is 4.79 Å². The van der Waals surface area contributed by atoms with Crippen LogP contribution in [0.1, 0.15) is 35.7 Å². The van der Waals surface area contributed by atoms with Crippen molar-refractivity contribution in [3.63, 3.8) is 0 Å². The fourth-order valence-corrected chi connectivity index (χ4v) is 3.86. The van der Waals surface area contributed by atoms with Crippen LogP contribution in [0.15, 0.2) is 53.4 Å². The maximum Gasteiger partial charge on any atom is 0.251 e. The number of nitrogens with one attached hydrogen (secondary N) is 1. The number of halogens is 1. The second-order valence-corrected chi connectivity index (χ2v) is 8.87. The van der Waals surface area contributed by atoms with Crippen LogP contribution >= 0.6 is 11.6 Å². The van der Waals surface area contributed by atoms with Crippen LogP contribution in [0.5, 0.6) is 0 Å². The van der Waals surface area contributed by atoms with Crippen molar-refractivity contribution in [1.29, 1.82) is 0 Å². The molecule has 1 fully saturated rings. The van der Waals surface area contributed by atoms with Crippen LogP contribution in [0.3, 0.4) is 0 Å². The second kappa shape index (κ2) is 6.12. The summed E-state index contributed by atoms with van der Waals surface area (Å²) in [7, 11) is -3.71. The Morgan fingerprint density at radius 2 is 1.64 bits per heavy atom. The lowest BCUT2D eigenvalue weighted by Gasteiger charge is -2.06. The molecule has 0 radical (unpaired) electrons. The van der Waals surface area contributed by atoms with E-state index in [-0.39, 0.29) is 28.2 Å². The number of nitrogens with two attached hydrogens (primary N) is 1. The van der Waals surface area contributed by atoms with E-state index in [0.29, 0.717) is 10.6 Å². The van der Waals surface area contributed by atoms with Crippen LogP contribution < -0.4 is 10.5 Å². The Kier molecular flexibility index (Phi) is 4.39. The third-order valence-electron chi connectivity index (χ3n) is 4.79. The van der Waals surface area contributed by atoms with Gasteiger partial charge in [0, 0.05) is 22.5 Å². The zero-order valence-corrected chi connectivity index (χ0v) is 15.4. The summed E-state index contributed by atoms with van der Waals surface area (Å²) in [5.41, 5.74) is 1.40. The Labute approximate surface area is 152 Å². The van der Waals surface area contributed by atoms with Gasteiger partial charge in [-0.25, -0.2) is 13.6 Å². The molecule has 0 saturated heterocycles. The average molecular weight is 379 g/mol. The first-order chi connectivity index (χ1) is 11.6. The Morgan fingerprint density at radius 3 is 2.16 bits per heavy atom. The molecule has 3 N–H and O–H groups in total. The third kappa shape index (κ3) is 3.56. The molecule has 7 heteroatoms. The van der Waals surface area contributed by atoms with E-state index in [2.05, 4.69) is 19.2 Å². The molecule has 0 bridgehead atoms. The zero-order valence-electron chi connectivity index (χ0n) is 13.9. The number of primary sulfonamides is 1. The number of carbonyl (C=O) groups excluding carboxylic acids is 1. The number of hydrogen-bond acceptors (Lipinski definition) is 3. The Morgan fingerprint density at radius 1 is 1.08 bits per heavy atom. The number of amides is 1. The molecule has 2 atom stereocenters. The van der Waals surface area contributed by atoms with Gasteiger partial charge in [0.05, 0.1) is 4.90 Å². The van der Waals surface area contributed by atoms with E-state index in [1.54, 1.807) is 36.4 Å². The largest absolute Gasteiger partial charge is 0.348 e. The number of rotatable bonds is 4. The van der Waals surface area contributed by atoms with Crippen molar-refractivity contribution in [2.75, 3.05) is 0 Å². The van der Waals surface area contributed by atoms with Gasteiger partial charge in [0.25, 0.3) is 5.91 Å². The van der Waals surface area contributed by atoms with Crippen molar-refractivity contribution in [3.8, 4) is 0 Å². The quantitative estimate of drug-likeness (QED) is 0.857. The van der Waals surface area contributed by atoms with Crippen LogP contribution in [0.4, 0.5) is 0 Å². The van der Waals surface area contributed by atoms with Gasteiger partial charge in [0.15, 0.2) is 0 Å². The topological polar surface area (TPSA) is 89.3 Å². The van der Waals surface area contributed by atoms with Gasteiger partial charge >= 0.3 is 0 Å². The predicted molar refractivity (Wildman–Crippen MR) is 97.0 cm³/mol. The van der Waals surface area contributed by atoms with Crippen molar-refractivity contribution in [2.45, 2.75) is 30.7 Å². The standard InChI is InChI=1S/C18H19ClN2O3S/c1-18(2)15(11-5-9-14(10-6-11)25(20,23)24)16(18)21-17(22)12-3-7-13(19)8-4-12/h3-10,15-16H,1-2H3,(H,21,22)(H2,20,23,24)/t15-,16-/m0/s1. The van der Waals surface area contributed by atoms with Gasteiger partial charge in [-0.2, -0.15) is 0 Å². The van der Waals surface area contributed by atoms with Crippen molar-refractivity contribution < 1.29 is 13.2 Å². The monoisotopic (exact) mass is 378 g/mol. The Balaban J connectivity index is 1.76. The highest BCUT2D eigenvalue weighted by Gasteiger charge is 2.59. The van der Waals surface area contributed by atoms with E-state index in [9.17, 15) is 13.2 Å². The third-order valence-corrected chi connectivity index (χ3v) is 5.97. The van der Waals surface area contributed by atoms with Crippen molar-refractivity contribution in [1.82, 2.24) is 5.32 Å². The normalized spacial score (nSPS) is 21.6. The summed E-state index contributed by atoms with van der Waals surface area (Å²) < 4.78 is 22.7. The van der Waals surface area contributed by atoms with Gasteiger partial charge < -0.3 is 5.32 Å². The molecule has 1 saturated carbocycles. The van der Waals surface area contributed by atoms with Crippen LogP contribution in [0.2, 0.25) is 5.02 Å². The highest BCUT2D eigenvalue weighted by molar-refractivity contribution is 7.89. The summed E-state index contributed by atoms with van der Waals surface area (Å²) in [4.78, 5) is 12.5. The maximum absolute atomic E-state index is 12.4. The Hall–Kier alpha value is -1.89. The van der Waals surface area contributed by atoms with Gasteiger partial charge in [0.1, 0.15) is 0 Å². The molecule has 0 unspecified atom stereocenters. The lowest BCUT2D eigenvalue weighted by Crippen LogP contribution is -2.28. The molecule has 1 aliphatic rings. The molecule has 132 valence electrons. The van der Waals surface area contributed by atoms with Gasteiger partial charge in [-0.05, 0) is 47.4 Å². The van der Waals surface area contributed by atoms with E-state index in [1.165, 1.54) is 12.1 Å². The summed E-state index contributed by atoms with van der Waals surface area (Å²) in [6, 6.07) is 13.2. The molecule has 1 aliphatic carbocycles. The zero-order chi connectivity index (χ0) is 18.4. The highest BCUT2D eigenvalue weighted by atomic mass is 35.5. The summed E-state index contributed by atoms with van der Waals surface area (Å²) in [5.74, 6) is -0.0447. The van der Waals surface area contributed by atoms with E-state index < -0.39 is 10.0 Å². The average Bonchev–Trinajstić information content (AvgIpc) is 3.07. The first-order valence-corrected chi connectivity index (χ1v) is 9.72. The number of hydrogen-bond donors (Lipinski definition) is 2. The minimum Gasteiger partial charge on any atom is -0.348 e. The molecule has 0 aliphatic heterocycles. The van der Waals surface area contributed by atoms with Gasteiger partial charge in [-0.1, -0.05) is 37.6 Å². The molecular formula is C18H19ClN2O3S. The van der Waals surface area contributed by atoms with E-state index >= 15 is 0 Å². The fraction of sp³-hybridized carbons (Fsp3) is 0.278. The second-order valence-electron chi connectivity index (χ2n) is 6.87. The van der Waals surface area contributed by atoms with E-state index in [4.69, 9.17) is 16.7 Å². The SMILES string of the molecule is CC1(C)[C@@H](NC(=O)c2ccc(Cl)cc2)[C@@H]1c1ccc(S(N)(=O)=O)cc1. The molecule has 1 amide bonds. The van der Waals surface area contributed by atoms with Crippen LogP contribution in [-0.4, -0.2) is 20.4 Å². The van der Waals surface area contributed by atoms with Gasteiger partial charge in [0.2, 0.25) is 10.0 Å². The smallest absolute Gasteiger partial charge is 0.251 e. The molecule has 25 heavy (non-hydrogen) atoms. The summed E-state index contributed by atoms with van der Waals surface area (Å²) >= 11 is 5.84. The number of benzene rings is 2. The summed E-state index contributed by atoms with van der Waals surface area (Å²) in [6.45, 7) is 4.14. The van der Waals surface area contributed by atoms with E-state index in [0.717, 1.165) is 5.56 Å². The molecule has 2 aromatic carbocycles. The van der Waals surface area contributed by atoms with Crippen molar-refractivity contribution in [2.24, 2.45) is 10.6 Å². The lowest BCUT2D eigenvalue weighted by atomic mass is 10.0. The van der Waals surface area contributed by atoms with Crippen LogP contribution in [0, 0.1) is 5.41 Å². The predicted octanol–water partition coefficient (Wildman–Crippen LogP) is 2.91. The van der Waals surface area contributed by atoms with Gasteiger partial charge in [-0.15, -0.1) is 0 Å². The number of carbonyl (C=O) groups is 1. The van der Waals surface area contributed by atoms with E-state index in [1.807, 2.05) is 0 Å². The molecule has 5 nitrogen and oxygen atoms in total. The first-order valence-electron chi connectivity index (χ1n) is 7.80. The lowest BCUT2D eigenvalue weighted by molar-refractivity contribution is 0.0946. The molecular weight excluding hydrogens is 360 g/mol. The molecule has 2 aromatic rings. The van der Waals surface area contributed by atoms with Crippen LogP contribution in [-0.2, 0) is 10.0 Å². The highest BCUT2D eigenvalue weighted by Crippen LogP contribution is 2.58. The number of sulfonamides is 1. The van der Waals surface area contributed by atoms with Crippen molar-refractivity contribution in [3.05, 3.63) is 64.7 Å².